The lowest BCUT2D eigenvalue weighted by Gasteiger charge is -2.04. The molecule has 0 aromatic heterocycles. The highest BCUT2D eigenvalue weighted by Crippen LogP contribution is 1.98. The number of hydrazine groups is 1. The second kappa shape index (κ2) is 4.21. The van der Waals surface area contributed by atoms with Crippen molar-refractivity contribution in [3.05, 3.63) is 11.9 Å². The molecule has 0 fully saturated rings. The molecule has 0 aliphatic rings. The molecule has 0 aliphatic carbocycles. The molecule has 0 saturated heterocycles. The van der Waals surface area contributed by atoms with Crippen molar-refractivity contribution in [3.63, 3.8) is 0 Å². The Morgan fingerprint density at radius 3 is 2.44 bits per heavy atom. The van der Waals surface area contributed by atoms with Crippen molar-refractivity contribution in [1.82, 2.24) is 10.9 Å². The highest BCUT2D eigenvalue weighted by atomic mass is 15.3. The molecule has 3 nitrogen and oxygen atoms in total. The Bertz CT molecular complexity index is 96.5. The van der Waals surface area contributed by atoms with E-state index in [0.29, 0.717) is 5.92 Å². The van der Waals surface area contributed by atoms with E-state index in [0.717, 1.165) is 5.70 Å². The molecule has 0 spiro atoms. The topological polar surface area (TPSA) is 50.1 Å². The Morgan fingerprint density at radius 1 is 1.56 bits per heavy atom. The average Bonchev–Trinajstić information content (AvgIpc) is 1.82. The van der Waals surface area contributed by atoms with Crippen LogP contribution in [0.1, 0.15) is 13.8 Å². The molecular formula is C6H15N3. The number of nitrogens with one attached hydrogen (secondary N) is 2. The lowest BCUT2D eigenvalue weighted by Crippen LogP contribution is -2.23. The van der Waals surface area contributed by atoms with Crippen LogP contribution in [0.2, 0.25) is 0 Å². The Balaban J connectivity index is 3.55. The van der Waals surface area contributed by atoms with E-state index in [1.54, 1.807) is 13.2 Å². The number of rotatable bonds is 3. The van der Waals surface area contributed by atoms with Crippen molar-refractivity contribution in [2.75, 3.05) is 7.05 Å². The highest BCUT2D eigenvalue weighted by Gasteiger charge is 1.93. The number of hydrogen-bond acceptors (Lipinski definition) is 3. The van der Waals surface area contributed by atoms with E-state index >= 15 is 0 Å². The van der Waals surface area contributed by atoms with Gasteiger partial charge in [-0.1, -0.05) is 13.8 Å². The maximum absolute atomic E-state index is 5.56. The summed E-state index contributed by atoms with van der Waals surface area (Å²) in [4.78, 5) is 0. The fourth-order valence-electron chi connectivity index (χ4n) is 0.322. The van der Waals surface area contributed by atoms with Crippen molar-refractivity contribution in [2.24, 2.45) is 11.7 Å². The van der Waals surface area contributed by atoms with E-state index in [9.17, 15) is 0 Å². The first kappa shape index (κ1) is 8.30. The van der Waals surface area contributed by atoms with Gasteiger partial charge in [0.15, 0.2) is 0 Å². The molecule has 0 bridgehead atoms. The summed E-state index contributed by atoms with van der Waals surface area (Å²) in [7, 11) is 1.80. The summed E-state index contributed by atoms with van der Waals surface area (Å²) in [5.74, 6) is 0.408. The SMILES string of the molecule is CNN/C=C(\N)C(C)C. The van der Waals surface area contributed by atoms with Gasteiger partial charge < -0.3 is 11.2 Å². The van der Waals surface area contributed by atoms with E-state index < -0.39 is 0 Å². The van der Waals surface area contributed by atoms with Gasteiger partial charge in [-0.05, 0) is 5.92 Å². The maximum atomic E-state index is 5.56. The van der Waals surface area contributed by atoms with Gasteiger partial charge in [-0.15, -0.1) is 0 Å². The highest BCUT2D eigenvalue weighted by molar-refractivity contribution is 4.96. The van der Waals surface area contributed by atoms with Gasteiger partial charge in [0.25, 0.3) is 0 Å². The molecule has 0 aromatic carbocycles. The minimum Gasteiger partial charge on any atom is -0.401 e. The zero-order chi connectivity index (χ0) is 7.28. The number of hydrogen-bond donors (Lipinski definition) is 3. The summed E-state index contributed by atoms with van der Waals surface area (Å²) in [6, 6.07) is 0. The van der Waals surface area contributed by atoms with Crippen molar-refractivity contribution < 1.29 is 0 Å². The first-order chi connectivity index (χ1) is 4.18. The minimum absolute atomic E-state index is 0.408. The van der Waals surface area contributed by atoms with Crippen LogP contribution < -0.4 is 16.6 Å². The van der Waals surface area contributed by atoms with Crippen LogP contribution in [0.5, 0.6) is 0 Å². The van der Waals surface area contributed by atoms with Gasteiger partial charge in [-0.2, -0.15) is 0 Å². The summed E-state index contributed by atoms with van der Waals surface area (Å²) in [6.07, 6.45) is 1.75. The molecule has 0 radical (unpaired) electrons. The largest absolute Gasteiger partial charge is 0.401 e. The molecule has 0 rings (SSSR count). The first-order valence-corrected chi connectivity index (χ1v) is 3.06. The van der Waals surface area contributed by atoms with Crippen LogP contribution >= 0.6 is 0 Å². The smallest absolute Gasteiger partial charge is 0.0315 e. The van der Waals surface area contributed by atoms with Gasteiger partial charge in [-0.25, -0.2) is 5.43 Å². The van der Waals surface area contributed by atoms with Crippen LogP contribution in [-0.4, -0.2) is 7.05 Å². The third-order valence-electron chi connectivity index (χ3n) is 1.05. The van der Waals surface area contributed by atoms with Gasteiger partial charge in [0.05, 0.1) is 0 Å². The molecule has 0 aliphatic heterocycles. The predicted molar refractivity (Wildman–Crippen MR) is 39.3 cm³/mol. The molecule has 9 heavy (non-hydrogen) atoms. The standard InChI is InChI=1S/C6H15N3/c1-5(2)6(7)4-9-8-3/h4-5,8-9H,7H2,1-3H3/b6-4-. The van der Waals surface area contributed by atoms with E-state index in [1.807, 2.05) is 13.8 Å². The second-order valence-corrected chi connectivity index (χ2v) is 2.19. The molecule has 0 atom stereocenters. The third kappa shape index (κ3) is 3.85. The van der Waals surface area contributed by atoms with Crippen LogP contribution in [0.4, 0.5) is 0 Å². The summed E-state index contributed by atoms with van der Waals surface area (Å²) >= 11 is 0. The van der Waals surface area contributed by atoms with Crippen LogP contribution in [0, 0.1) is 5.92 Å². The zero-order valence-corrected chi connectivity index (χ0v) is 6.23. The fraction of sp³-hybridized carbons (Fsp3) is 0.667. The van der Waals surface area contributed by atoms with E-state index in [4.69, 9.17) is 5.73 Å². The first-order valence-electron chi connectivity index (χ1n) is 3.06. The molecule has 0 aromatic rings. The van der Waals surface area contributed by atoms with Crippen LogP contribution in [0.15, 0.2) is 11.9 Å². The Morgan fingerprint density at radius 2 is 2.11 bits per heavy atom. The average molecular weight is 129 g/mol. The molecule has 0 amide bonds. The Hall–Kier alpha value is -0.700. The molecule has 0 unspecified atom stereocenters. The molecule has 4 N–H and O–H groups in total. The van der Waals surface area contributed by atoms with Crippen LogP contribution in [0.25, 0.3) is 0 Å². The summed E-state index contributed by atoms with van der Waals surface area (Å²) < 4.78 is 0. The monoisotopic (exact) mass is 129 g/mol. The summed E-state index contributed by atoms with van der Waals surface area (Å²) in [6.45, 7) is 4.09. The normalized spacial score (nSPS) is 12.2. The van der Waals surface area contributed by atoms with Gasteiger partial charge in [-0.3, -0.25) is 0 Å². The number of allylic oxidation sites excluding steroid dienone is 1. The van der Waals surface area contributed by atoms with Gasteiger partial charge in [0, 0.05) is 18.9 Å². The Labute approximate surface area is 56.3 Å². The summed E-state index contributed by atoms with van der Waals surface area (Å²) in [5, 5.41) is 0. The van der Waals surface area contributed by atoms with Crippen molar-refractivity contribution in [2.45, 2.75) is 13.8 Å². The second-order valence-electron chi connectivity index (χ2n) is 2.19. The maximum Gasteiger partial charge on any atom is 0.0315 e. The molecule has 54 valence electrons. The lowest BCUT2D eigenvalue weighted by atomic mass is 10.2. The van der Waals surface area contributed by atoms with E-state index in [1.165, 1.54) is 0 Å². The zero-order valence-electron chi connectivity index (χ0n) is 6.23. The quantitative estimate of drug-likeness (QED) is 0.476. The molecular weight excluding hydrogens is 114 g/mol. The Kier molecular flexibility index (Phi) is 3.88. The predicted octanol–water partition coefficient (Wildman–Crippen LogP) is 0.166. The minimum atomic E-state index is 0.408. The number of nitrogens with two attached hydrogens (primary N) is 1. The van der Waals surface area contributed by atoms with Crippen molar-refractivity contribution >= 4 is 0 Å². The van der Waals surface area contributed by atoms with Crippen molar-refractivity contribution in [3.8, 4) is 0 Å². The van der Waals surface area contributed by atoms with Crippen LogP contribution in [0.3, 0.4) is 0 Å². The molecule has 0 saturated carbocycles. The van der Waals surface area contributed by atoms with Gasteiger partial charge >= 0.3 is 0 Å². The molecule has 0 heterocycles. The van der Waals surface area contributed by atoms with Gasteiger partial charge in [0.2, 0.25) is 0 Å². The fourth-order valence-corrected chi connectivity index (χ4v) is 0.322. The van der Waals surface area contributed by atoms with E-state index in [-0.39, 0.29) is 0 Å². The third-order valence-corrected chi connectivity index (χ3v) is 1.05. The molecule has 3 heteroatoms. The van der Waals surface area contributed by atoms with Gasteiger partial charge in [0.1, 0.15) is 0 Å². The van der Waals surface area contributed by atoms with E-state index in [2.05, 4.69) is 10.9 Å². The summed E-state index contributed by atoms with van der Waals surface area (Å²) in [5.41, 5.74) is 12.0. The lowest BCUT2D eigenvalue weighted by molar-refractivity contribution is 0.688. The van der Waals surface area contributed by atoms with Crippen molar-refractivity contribution in [1.29, 1.82) is 0 Å². The van der Waals surface area contributed by atoms with Crippen LogP contribution in [-0.2, 0) is 0 Å².